The summed E-state index contributed by atoms with van der Waals surface area (Å²) in [7, 11) is 0. The Kier molecular flexibility index (Phi) is 2.48. The average molecular weight is 163 g/mol. The van der Waals surface area contributed by atoms with E-state index in [1.807, 2.05) is 26.0 Å². The molecular formula is C10H13NO. The van der Waals surface area contributed by atoms with Crippen molar-refractivity contribution in [1.82, 2.24) is 0 Å². The van der Waals surface area contributed by atoms with Gasteiger partial charge in [0.15, 0.2) is 0 Å². The van der Waals surface area contributed by atoms with Crippen LogP contribution in [0.4, 0.5) is 0 Å². The van der Waals surface area contributed by atoms with Crippen LogP contribution in [0.15, 0.2) is 18.2 Å². The minimum absolute atomic E-state index is 0.238. The second-order valence-electron chi connectivity index (χ2n) is 3.08. The zero-order valence-electron chi connectivity index (χ0n) is 7.33. The maximum Gasteiger partial charge on any atom is 0.127 e. The molecule has 1 rings (SSSR count). The van der Waals surface area contributed by atoms with Gasteiger partial charge in [-0.05, 0) is 17.5 Å². The normalized spacial score (nSPS) is 10.2. The summed E-state index contributed by atoms with van der Waals surface area (Å²) in [5.41, 5.74) is 1.48. The Labute approximate surface area is 72.4 Å². The Morgan fingerprint density at radius 3 is 2.58 bits per heavy atom. The summed E-state index contributed by atoms with van der Waals surface area (Å²) in [6, 6.07) is 5.47. The van der Waals surface area contributed by atoms with E-state index in [4.69, 9.17) is 5.41 Å². The van der Waals surface area contributed by atoms with E-state index in [9.17, 15) is 5.11 Å². The van der Waals surface area contributed by atoms with Gasteiger partial charge in [-0.2, -0.15) is 0 Å². The second kappa shape index (κ2) is 3.39. The van der Waals surface area contributed by atoms with Crippen LogP contribution in [0.25, 0.3) is 0 Å². The molecule has 1 aromatic carbocycles. The molecule has 2 heteroatoms. The number of hydrogen-bond acceptors (Lipinski definition) is 2. The number of nitrogens with one attached hydrogen (secondary N) is 1. The summed E-state index contributed by atoms with van der Waals surface area (Å²) in [5, 5.41) is 16.6. The maximum atomic E-state index is 9.61. The molecule has 0 saturated heterocycles. The van der Waals surface area contributed by atoms with Gasteiger partial charge in [0.05, 0.1) is 0 Å². The molecule has 0 aliphatic carbocycles. The predicted octanol–water partition coefficient (Wildman–Crippen LogP) is 2.51. The molecule has 64 valence electrons. The molecule has 0 bridgehead atoms. The molecule has 12 heavy (non-hydrogen) atoms. The lowest BCUT2D eigenvalue weighted by Gasteiger charge is -2.09. The van der Waals surface area contributed by atoms with Crippen LogP contribution in [-0.2, 0) is 0 Å². The van der Waals surface area contributed by atoms with Gasteiger partial charge in [0.1, 0.15) is 5.75 Å². The van der Waals surface area contributed by atoms with Crippen molar-refractivity contribution in [3.8, 4) is 5.75 Å². The van der Waals surface area contributed by atoms with Crippen LogP contribution in [0.2, 0.25) is 0 Å². The van der Waals surface area contributed by atoms with E-state index in [2.05, 4.69) is 0 Å². The molecule has 0 spiro atoms. The van der Waals surface area contributed by atoms with E-state index in [0.717, 1.165) is 5.56 Å². The largest absolute Gasteiger partial charge is 0.507 e. The molecule has 0 aliphatic heterocycles. The highest BCUT2D eigenvalue weighted by Crippen LogP contribution is 2.27. The number of hydrogen-bond donors (Lipinski definition) is 2. The lowest BCUT2D eigenvalue weighted by atomic mass is 10.00. The van der Waals surface area contributed by atoms with Crippen LogP contribution < -0.4 is 0 Å². The molecule has 0 radical (unpaired) electrons. The number of aromatic hydroxyl groups is 1. The third-order valence-corrected chi connectivity index (χ3v) is 1.88. The second-order valence-corrected chi connectivity index (χ2v) is 3.08. The first kappa shape index (κ1) is 8.78. The first-order valence-electron chi connectivity index (χ1n) is 3.99. The van der Waals surface area contributed by atoms with Gasteiger partial charge in [0, 0.05) is 11.8 Å². The highest BCUT2D eigenvalue weighted by atomic mass is 16.3. The molecule has 0 atom stereocenters. The van der Waals surface area contributed by atoms with Crippen molar-refractivity contribution in [2.75, 3.05) is 0 Å². The monoisotopic (exact) mass is 163 g/mol. The van der Waals surface area contributed by atoms with E-state index >= 15 is 0 Å². The average Bonchev–Trinajstić information content (AvgIpc) is 2.04. The summed E-state index contributed by atoms with van der Waals surface area (Å²) in [5.74, 6) is 0.535. The third-order valence-electron chi connectivity index (χ3n) is 1.88. The van der Waals surface area contributed by atoms with Gasteiger partial charge in [-0.3, -0.25) is 0 Å². The standard InChI is InChI=1S/C10H13NO/c1-7(2)9-5-3-4-8(6-11)10(9)12/h3-7,11-12H,1-2H3. The van der Waals surface area contributed by atoms with Crippen molar-refractivity contribution >= 4 is 6.21 Å². The zero-order chi connectivity index (χ0) is 9.14. The van der Waals surface area contributed by atoms with Crippen LogP contribution in [0, 0.1) is 5.41 Å². The Morgan fingerprint density at radius 1 is 1.42 bits per heavy atom. The first-order chi connectivity index (χ1) is 5.66. The molecule has 0 unspecified atom stereocenters. The lowest BCUT2D eigenvalue weighted by molar-refractivity contribution is 0.464. The highest BCUT2D eigenvalue weighted by molar-refractivity contribution is 5.81. The molecule has 0 heterocycles. The number of rotatable bonds is 2. The van der Waals surface area contributed by atoms with Crippen LogP contribution in [0.3, 0.4) is 0 Å². The molecule has 0 aromatic heterocycles. The van der Waals surface area contributed by atoms with E-state index in [0.29, 0.717) is 11.5 Å². The fraction of sp³-hybridized carbons (Fsp3) is 0.300. The fourth-order valence-electron chi connectivity index (χ4n) is 1.16. The van der Waals surface area contributed by atoms with Crippen LogP contribution in [0.1, 0.15) is 30.9 Å². The fourth-order valence-corrected chi connectivity index (χ4v) is 1.16. The van der Waals surface area contributed by atoms with Crippen molar-refractivity contribution < 1.29 is 5.11 Å². The highest BCUT2D eigenvalue weighted by Gasteiger charge is 2.07. The number of benzene rings is 1. The number of phenols is 1. The van der Waals surface area contributed by atoms with Crippen molar-refractivity contribution in [2.45, 2.75) is 19.8 Å². The Bertz CT molecular complexity index is 292. The quantitative estimate of drug-likeness (QED) is 0.646. The number of para-hydroxylation sites is 1. The van der Waals surface area contributed by atoms with E-state index in [1.54, 1.807) is 6.07 Å². The Hall–Kier alpha value is -1.31. The van der Waals surface area contributed by atoms with Gasteiger partial charge in [0.25, 0.3) is 0 Å². The first-order valence-corrected chi connectivity index (χ1v) is 3.99. The third kappa shape index (κ3) is 1.47. The van der Waals surface area contributed by atoms with Gasteiger partial charge in [-0.25, -0.2) is 0 Å². The van der Waals surface area contributed by atoms with Gasteiger partial charge < -0.3 is 10.5 Å². The zero-order valence-corrected chi connectivity index (χ0v) is 7.33. The SMILES string of the molecule is CC(C)c1cccc(C=N)c1O. The van der Waals surface area contributed by atoms with Gasteiger partial charge in [-0.1, -0.05) is 26.0 Å². The minimum Gasteiger partial charge on any atom is -0.507 e. The summed E-state index contributed by atoms with van der Waals surface area (Å²) < 4.78 is 0. The molecule has 0 aliphatic rings. The molecule has 0 amide bonds. The van der Waals surface area contributed by atoms with E-state index < -0.39 is 0 Å². The van der Waals surface area contributed by atoms with Crippen molar-refractivity contribution in [1.29, 1.82) is 5.41 Å². The van der Waals surface area contributed by atoms with E-state index in [-0.39, 0.29) is 5.75 Å². The topological polar surface area (TPSA) is 44.1 Å². The van der Waals surface area contributed by atoms with Gasteiger partial charge >= 0.3 is 0 Å². The smallest absolute Gasteiger partial charge is 0.127 e. The maximum absolute atomic E-state index is 9.61. The Morgan fingerprint density at radius 2 is 2.08 bits per heavy atom. The summed E-state index contributed by atoms with van der Waals surface area (Å²) in [4.78, 5) is 0. The molecule has 1 aromatic rings. The van der Waals surface area contributed by atoms with Crippen LogP contribution >= 0.6 is 0 Å². The predicted molar refractivity (Wildman–Crippen MR) is 50.1 cm³/mol. The molecule has 2 N–H and O–H groups in total. The molecule has 0 saturated carbocycles. The summed E-state index contributed by atoms with van der Waals surface area (Å²) in [6.45, 7) is 4.03. The minimum atomic E-state index is 0.238. The van der Waals surface area contributed by atoms with E-state index in [1.165, 1.54) is 6.21 Å². The van der Waals surface area contributed by atoms with Crippen LogP contribution in [-0.4, -0.2) is 11.3 Å². The molecule has 0 fully saturated rings. The molecule has 2 nitrogen and oxygen atoms in total. The van der Waals surface area contributed by atoms with Crippen LogP contribution in [0.5, 0.6) is 5.75 Å². The molecular weight excluding hydrogens is 150 g/mol. The summed E-state index contributed by atoms with van der Waals surface area (Å²) >= 11 is 0. The number of phenolic OH excluding ortho intramolecular Hbond substituents is 1. The van der Waals surface area contributed by atoms with Crippen molar-refractivity contribution in [3.63, 3.8) is 0 Å². The Balaban J connectivity index is 3.22. The van der Waals surface area contributed by atoms with Crippen molar-refractivity contribution in [3.05, 3.63) is 29.3 Å². The van der Waals surface area contributed by atoms with Crippen molar-refractivity contribution in [2.24, 2.45) is 0 Å². The lowest BCUT2D eigenvalue weighted by Crippen LogP contribution is -1.91. The summed E-state index contributed by atoms with van der Waals surface area (Å²) in [6.07, 6.45) is 1.17. The van der Waals surface area contributed by atoms with Gasteiger partial charge in [-0.15, -0.1) is 0 Å². The van der Waals surface area contributed by atoms with Gasteiger partial charge in [0.2, 0.25) is 0 Å².